The minimum Gasteiger partial charge on any atom is -0.304 e. The summed E-state index contributed by atoms with van der Waals surface area (Å²) in [4.78, 5) is 24.1. The molecule has 0 saturated heterocycles. The summed E-state index contributed by atoms with van der Waals surface area (Å²) in [6.07, 6.45) is 10.8. The van der Waals surface area contributed by atoms with Gasteiger partial charge in [-0.05, 0) is 49.4 Å². The van der Waals surface area contributed by atoms with Crippen LogP contribution in [0.4, 0.5) is 18.9 Å². The smallest absolute Gasteiger partial charge is 0.304 e. The Balaban J connectivity index is 2.47. The van der Waals surface area contributed by atoms with Gasteiger partial charge < -0.3 is 4.90 Å². The number of para-hydroxylation sites is 1. The van der Waals surface area contributed by atoms with Gasteiger partial charge in [0.15, 0.2) is 0 Å². The first kappa shape index (κ1) is 27.2. The Morgan fingerprint density at radius 2 is 1.45 bits per heavy atom. The normalized spacial score (nSPS) is 11.8. The molecule has 31 heavy (non-hydrogen) atoms. The summed E-state index contributed by atoms with van der Waals surface area (Å²) in [6.45, 7) is 2.05. The van der Waals surface area contributed by atoms with Crippen molar-refractivity contribution in [3.8, 4) is 0 Å². The number of hydrogen-bond donors (Lipinski definition) is 0. The number of unbranched alkanes of at least 4 members (excludes halogenated alkanes) is 9. The predicted octanol–water partition coefficient (Wildman–Crippen LogP) is 7.83. The van der Waals surface area contributed by atoms with E-state index in [1.165, 1.54) is 69.2 Å². The van der Waals surface area contributed by atoms with Crippen LogP contribution in [0.5, 0.6) is 0 Å². The van der Waals surface area contributed by atoms with E-state index in [0.717, 1.165) is 12.8 Å². The molecule has 1 rings (SSSR count). The van der Waals surface area contributed by atoms with Gasteiger partial charge in [0, 0.05) is 6.54 Å². The number of carbonyl (C=O) groups excluding carboxylic acids is 2. The first-order valence-corrected chi connectivity index (χ1v) is 11.5. The van der Waals surface area contributed by atoms with Crippen molar-refractivity contribution in [3.05, 3.63) is 42.0 Å². The molecule has 0 aliphatic heterocycles. The highest BCUT2D eigenvalue weighted by Crippen LogP contribution is 2.28. The van der Waals surface area contributed by atoms with E-state index in [-0.39, 0.29) is 17.8 Å². The van der Waals surface area contributed by atoms with Crippen LogP contribution < -0.4 is 4.90 Å². The minimum atomic E-state index is -5.03. The molecule has 174 valence electrons. The van der Waals surface area contributed by atoms with Crippen LogP contribution in [0.15, 0.2) is 36.4 Å². The third-order valence-electron chi connectivity index (χ3n) is 5.04. The van der Waals surface area contributed by atoms with Gasteiger partial charge in [0.05, 0.1) is 11.3 Å². The van der Waals surface area contributed by atoms with Gasteiger partial charge in [-0.2, -0.15) is 13.2 Å². The number of allylic oxidation sites excluding steroid dienone is 2. The fourth-order valence-electron chi connectivity index (χ4n) is 3.36. The highest BCUT2D eigenvalue weighted by molar-refractivity contribution is 6.68. The van der Waals surface area contributed by atoms with Crippen molar-refractivity contribution in [1.29, 1.82) is 0 Å². The summed E-state index contributed by atoms with van der Waals surface area (Å²) in [7, 11) is 0. The number of rotatable bonds is 15. The molecule has 0 spiro atoms. The Labute approximate surface area is 188 Å². The number of carbonyl (C=O) groups is 2. The summed E-state index contributed by atoms with van der Waals surface area (Å²) < 4.78 is 39.2. The lowest BCUT2D eigenvalue weighted by Gasteiger charge is -2.25. The van der Waals surface area contributed by atoms with E-state index >= 15 is 0 Å². The van der Waals surface area contributed by atoms with E-state index in [9.17, 15) is 22.8 Å². The van der Waals surface area contributed by atoms with Crippen LogP contribution in [0.1, 0.15) is 87.9 Å². The van der Waals surface area contributed by atoms with Crippen LogP contribution in [0.3, 0.4) is 0 Å². The van der Waals surface area contributed by atoms with Crippen LogP contribution >= 0.6 is 11.6 Å². The van der Waals surface area contributed by atoms with Crippen molar-refractivity contribution in [2.24, 2.45) is 0 Å². The Morgan fingerprint density at radius 3 is 2.03 bits per heavy atom. The maximum Gasteiger partial charge on any atom is 0.471 e. The Morgan fingerprint density at radius 1 is 0.903 bits per heavy atom. The molecule has 3 nitrogen and oxygen atoms in total. The monoisotopic (exact) mass is 459 g/mol. The molecule has 0 aliphatic carbocycles. The van der Waals surface area contributed by atoms with E-state index in [1.807, 2.05) is 12.2 Å². The lowest BCUT2D eigenvalue weighted by molar-refractivity contribution is -0.170. The van der Waals surface area contributed by atoms with E-state index in [2.05, 4.69) is 6.92 Å². The second kappa shape index (κ2) is 15.1. The average molecular weight is 460 g/mol. The molecular weight excluding hydrogens is 427 g/mol. The quantitative estimate of drug-likeness (QED) is 0.152. The summed E-state index contributed by atoms with van der Waals surface area (Å²) >= 11 is 5.49. The summed E-state index contributed by atoms with van der Waals surface area (Å²) in [5.74, 6) is -2.00. The van der Waals surface area contributed by atoms with Crippen molar-refractivity contribution in [2.45, 2.75) is 83.7 Å². The molecule has 1 aromatic rings. The van der Waals surface area contributed by atoms with Gasteiger partial charge in [-0.25, -0.2) is 0 Å². The summed E-state index contributed by atoms with van der Waals surface area (Å²) in [5.41, 5.74) is -0.236. The predicted molar refractivity (Wildman–Crippen MR) is 121 cm³/mol. The molecule has 0 aliphatic rings. The van der Waals surface area contributed by atoms with Crippen molar-refractivity contribution >= 4 is 28.4 Å². The van der Waals surface area contributed by atoms with Crippen molar-refractivity contribution < 1.29 is 22.8 Å². The van der Waals surface area contributed by atoms with Crippen LogP contribution in [0, 0.1) is 0 Å². The van der Waals surface area contributed by atoms with E-state index < -0.39 is 17.3 Å². The molecule has 0 heterocycles. The molecule has 1 amide bonds. The fourth-order valence-corrected chi connectivity index (χ4v) is 3.52. The number of hydrogen-bond acceptors (Lipinski definition) is 2. The van der Waals surface area contributed by atoms with Crippen molar-refractivity contribution in [2.75, 3.05) is 11.4 Å². The molecule has 0 N–H and O–H groups in total. The molecule has 7 heteroatoms. The van der Waals surface area contributed by atoms with Crippen LogP contribution in [0.2, 0.25) is 0 Å². The molecule has 0 bridgehead atoms. The van der Waals surface area contributed by atoms with Gasteiger partial charge in [-0.3, -0.25) is 9.59 Å². The summed E-state index contributed by atoms with van der Waals surface area (Å²) in [5, 5.41) is -0.902. The maximum absolute atomic E-state index is 13.1. The Kier molecular flexibility index (Phi) is 13.2. The zero-order chi connectivity index (χ0) is 23.1. The first-order valence-electron chi connectivity index (χ1n) is 11.1. The molecular formula is C24H33ClF3NO2. The van der Waals surface area contributed by atoms with Crippen molar-refractivity contribution in [1.82, 2.24) is 0 Å². The lowest BCUT2D eigenvalue weighted by atomic mass is 10.1. The van der Waals surface area contributed by atoms with Crippen molar-refractivity contribution in [3.63, 3.8) is 0 Å². The Hall–Kier alpha value is -1.82. The third-order valence-corrected chi connectivity index (χ3v) is 5.24. The average Bonchev–Trinajstić information content (AvgIpc) is 2.73. The van der Waals surface area contributed by atoms with Crippen LogP contribution in [-0.2, 0) is 4.79 Å². The number of anilines is 1. The number of alkyl halides is 3. The largest absolute Gasteiger partial charge is 0.471 e. The van der Waals surface area contributed by atoms with E-state index in [4.69, 9.17) is 11.6 Å². The topological polar surface area (TPSA) is 37.4 Å². The van der Waals surface area contributed by atoms with Gasteiger partial charge in [0.2, 0.25) is 0 Å². The second-order valence-electron chi connectivity index (χ2n) is 7.62. The number of amides is 1. The highest BCUT2D eigenvalue weighted by atomic mass is 35.5. The first-order chi connectivity index (χ1) is 14.8. The van der Waals surface area contributed by atoms with E-state index in [0.29, 0.717) is 17.7 Å². The van der Waals surface area contributed by atoms with Crippen LogP contribution in [-0.4, -0.2) is 23.9 Å². The fraction of sp³-hybridized carbons (Fsp3) is 0.583. The van der Waals surface area contributed by atoms with E-state index in [1.54, 1.807) is 0 Å². The maximum atomic E-state index is 13.1. The standard InChI is InChI=1S/C24H33ClF3NO2/c1-2-3-4-5-6-7-8-9-10-11-12-13-16-19-29(23(31)24(26,27)28)21-18-15-14-17-20(21)22(25)30/h11-12,14-15,17-18H,2-10,13,16,19H2,1H3/b12-11+. The zero-order valence-corrected chi connectivity index (χ0v) is 19.0. The SMILES string of the molecule is CCCCCCCCCC/C=C/CCCN(C(=O)C(F)(F)F)c1ccccc1C(=O)Cl. The van der Waals surface area contributed by atoms with Gasteiger partial charge in [-0.15, -0.1) is 0 Å². The minimum absolute atomic E-state index is 0.118. The zero-order valence-electron chi connectivity index (χ0n) is 18.2. The molecule has 0 radical (unpaired) electrons. The highest BCUT2D eigenvalue weighted by Gasteiger charge is 2.43. The molecule has 1 aromatic carbocycles. The molecule has 0 unspecified atom stereocenters. The van der Waals surface area contributed by atoms with Crippen LogP contribution in [0.25, 0.3) is 0 Å². The molecule has 0 saturated carbocycles. The number of benzene rings is 1. The lowest BCUT2D eigenvalue weighted by Crippen LogP contribution is -2.42. The van der Waals surface area contributed by atoms with Gasteiger partial charge in [-0.1, -0.05) is 76.2 Å². The second-order valence-corrected chi connectivity index (χ2v) is 7.97. The molecule has 0 aromatic heterocycles. The Bertz CT molecular complexity index is 704. The van der Waals surface area contributed by atoms with Gasteiger partial charge in [0.1, 0.15) is 0 Å². The summed E-state index contributed by atoms with van der Waals surface area (Å²) in [6, 6.07) is 5.57. The molecule has 0 atom stereocenters. The molecule has 0 fully saturated rings. The van der Waals surface area contributed by atoms with Gasteiger partial charge in [0.25, 0.3) is 5.24 Å². The number of nitrogens with zero attached hydrogens (tertiary/aromatic N) is 1. The third kappa shape index (κ3) is 10.9. The van der Waals surface area contributed by atoms with Gasteiger partial charge >= 0.3 is 12.1 Å². The number of halogens is 4.